The molecule has 1 saturated heterocycles. The Bertz CT molecular complexity index is 97.1. The van der Waals surface area contributed by atoms with Crippen LogP contribution >= 0.6 is 0 Å². The van der Waals surface area contributed by atoms with Gasteiger partial charge in [-0.2, -0.15) is 0 Å². The van der Waals surface area contributed by atoms with Crippen molar-refractivity contribution >= 4 is 0 Å². The minimum atomic E-state index is -0.134. The third kappa shape index (κ3) is 1.64. The van der Waals surface area contributed by atoms with Gasteiger partial charge in [-0.05, 0) is 12.3 Å². The van der Waals surface area contributed by atoms with E-state index in [-0.39, 0.29) is 6.10 Å². The maximum absolute atomic E-state index is 9.21. The van der Waals surface area contributed by atoms with Gasteiger partial charge in [0.1, 0.15) is 0 Å². The van der Waals surface area contributed by atoms with E-state index >= 15 is 0 Å². The lowest BCUT2D eigenvalue weighted by atomic mass is 9.98. The van der Waals surface area contributed by atoms with Crippen LogP contribution in [0.3, 0.4) is 0 Å². The maximum Gasteiger partial charge on any atom is 0.0591 e. The molecule has 9 heavy (non-hydrogen) atoms. The fraction of sp³-hybridized carbons (Fsp3) is 1.00. The summed E-state index contributed by atoms with van der Waals surface area (Å²) >= 11 is 0. The number of piperidine rings is 1. The molecule has 0 aromatic rings. The zero-order valence-electron chi connectivity index (χ0n) is 5.75. The second-order valence-corrected chi connectivity index (χ2v) is 2.83. The normalized spacial score (nSPS) is 39.0. The van der Waals surface area contributed by atoms with E-state index in [0.717, 1.165) is 19.5 Å². The smallest absolute Gasteiger partial charge is 0.0591 e. The van der Waals surface area contributed by atoms with Crippen LogP contribution in [0.4, 0.5) is 0 Å². The van der Waals surface area contributed by atoms with Crippen molar-refractivity contribution in [2.24, 2.45) is 11.8 Å². The second kappa shape index (κ2) is 2.64. The third-order valence-corrected chi connectivity index (χ3v) is 1.89. The van der Waals surface area contributed by atoms with E-state index < -0.39 is 0 Å². The molecule has 0 unspecified atom stereocenters. The van der Waals surface area contributed by atoms with Gasteiger partial charge in [-0.3, -0.25) is 5.84 Å². The highest BCUT2D eigenvalue weighted by atomic mass is 16.3. The first-order chi connectivity index (χ1) is 4.20. The van der Waals surface area contributed by atoms with E-state index in [4.69, 9.17) is 5.84 Å². The van der Waals surface area contributed by atoms with Crippen molar-refractivity contribution in [3.05, 3.63) is 0 Å². The lowest BCUT2D eigenvalue weighted by molar-refractivity contribution is 0.0350. The van der Waals surface area contributed by atoms with Crippen LogP contribution in [-0.4, -0.2) is 29.3 Å². The molecule has 0 aromatic heterocycles. The Morgan fingerprint density at radius 3 is 2.78 bits per heavy atom. The van der Waals surface area contributed by atoms with E-state index in [1.807, 2.05) is 6.92 Å². The number of aliphatic hydroxyl groups is 1. The summed E-state index contributed by atoms with van der Waals surface area (Å²) in [7, 11) is 0. The number of hydrazine groups is 1. The Morgan fingerprint density at radius 1 is 1.67 bits per heavy atom. The standard InChI is InChI=1S/C6H14N2O/c1-5-4-8(7)3-2-6(5)9/h5-6,9H,2-4,7H2,1H3/t5-,6+/m0/s1. The number of rotatable bonds is 0. The van der Waals surface area contributed by atoms with Gasteiger partial charge in [0.15, 0.2) is 0 Å². The summed E-state index contributed by atoms with van der Waals surface area (Å²) in [5.41, 5.74) is 0. The van der Waals surface area contributed by atoms with Crippen molar-refractivity contribution in [3.63, 3.8) is 0 Å². The monoisotopic (exact) mass is 130 g/mol. The fourth-order valence-corrected chi connectivity index (χ4v) is 1.17. The number of hydrogen-bond acceptors (Lipinski definition) is 3. The van der Waals surface area contributed by atoms with E-state index in [2.05, 4.69) is 0 Å². The summed E-state index contributed by atoms with van der Waals surface area (Å²) in [6.45, 7) is 3.66. The number of hydrogen-bond donors (Lipinski definition) is 2. The largest absolute Gasteiger partial charge is 0.393 e. The molecule has 3 N–H and O–H groups in total. The van der Waals surface area contributed by atoms with E-state index in [9.17, 15) is 5.11 Å². The van der Waals surface area contributed by atoms with Crippen molar-refractivity contribution in [2.45, 2.75) is 19.4 Å². The Morgan fingerprint density at radius 2 is 2.33 bits per heavy atom. The predicted molar refractivity (Wildman–Crippen MR) is 35.5 cm³/mol. The zero-order valence-corrected chi connectivity index (χ0v) is 5.75. The molecule has 0 amide bonds. The summed E-state index contributed by atoms with van der Waals surface area (Å²) in [5.74, 6) is 5.85. The van der Waals surface area contributed by atoms with Gasteiger partial charge in [0.25, 0.3) is 0 Å². The summed E-state index contributed by atoms with van der Waals surface area (Å²) in [6, 6.07) is 0. The zero-order chi connectivity index (χ0) is 6.85. The molecular weight excluding hydrogens is 116 g/mol. The lowest BCUT2D eigenvalue weighted by Crippen LogP contribution is -2.45. The average molecular weight is 130 g/mol. The molecule has 1 heterocycles. The van der Waals surface area contributed by atoms with Crippen LogP contribution in [0.1, 0.15) is 13.3 Å². The SMILES string of the molecule is C[C@H]1CN(N)CC[C@H]1O. The average Bonchev–Trinajstić information content (AvgIpc) is 1.80. The summed E-state index contributed by atoms with van der Waals surface area (Å²) < 4.78 is 0. The Balaban J connectivity index is 2.35. The highest BCUT2D eigenvalue weighted by Crippen LogP contribution is 2.12. The summed E-state index contributed by atoms with van der Waals surface area (Å²) in [6.07, 6.45) is 0.683. The van der Waals surface area contributed by atoms with Gasteiger partial charge < -0.3 is 5.11 Å². The van der Waals surface area contributed by atoms with Crippen molar-refractivity contribution in [3.8, 4) is 0 Å². The molecule has 1 rings (SSSR count). The van der Waals surface area contributed by atoms with Crippen LogP contribution in [0, 0.1) is 5.92 Å². The molecule has 0 aliphatic carbocycles. The van der Waals surface area contributed by atoms with Gasteiger partial charge >= 0.3 is 0 Å². The van der Waals surface area contributed by atoms with Gasteiger partial charge in [0.05, 0.1) is 6.10 Å². The topological polar surface area (TPSA) is 49.5 Å². The van der Waals surface area contributed by atoms with Crippen LogP contribution in [-0.2, 0) is 0 Å². The van der Waals surface area contributed by atoms with E-state index in [0.29, 0.717) is 5.92 Å². The minimum Gasteiger partial charge on any atom is -0.393 e. The number of nitrogens with two attached hydrogens (primary N) is 1. The molecule has 0 aromatic carbocycles. The van der Waals surface area contributed by atoms with E-state index in [1.165, 1.54) is 0 Å². The first kappa shape index (κ1) is 6.99. The molecule has 0 bridgehead atoms. The third-order valence-electron chi connectivity index (χ3n) is 1.89. The number of nitrogens with zero attached hydrogens (tertiary/aromatic N) is 1. The molecular formula is C6H14N2O. The van der Waals surface area contributed by atoms with Crippen molar-refractivity contribution in [1.82, 2.24) is 5.01 Å². The number of aliphatic hydroxyl groups excluding tert-OH is 1. The Labute approximate surface area is 55.4 Å². The van der Waals surface area contributed by atoms with Crippen molar-refractivity contribution in [2.75, 3.05) is 13.1 Å². The van der Waals surface area contributed by atoms with Crippen LogP contribution in [0.2, 0.25) is 0 Å². The molecule has 0 spiro atoms. The highest BCUT2D eigenvalue weighted by molar-refractivity contribution is 4.73. The van der Waals surface area contributed by atoms with Crippen LogP contribution in [0.5, 0.6) is 0 Å². The molecule has 0 saturated carbocycles. The molecule has 2 atom stereocenters. The van der Waals surface area contributed by atoms with Gasteiger partial charge in [0.2, 0.25) is 0 Å². The Kier molecular flexibility index (Phi) is 2.05. The lowest BCUT2D eigenvalue weighted by Gasteiger charge is -2.30. The minimum absolute atomic E-state index is 0.134. The van der Waals surface area contributed by atoms with Crippen LogP contribution in [0.15, 0.2) is 0 Å². The van der Waals surface area contributed by atoms with Gasteiger partial charge in [-0.1, -0.05) is 6.92 Å². The van der Waals surface area contributed by atoms with Crippen LogP contribution in [0.25, 0.3) is 0 Å². The van der Waals surface area contributed by atoms with Gasteiger partial charge in [-0.25, -0.2) is 5.01 Å². The maximum atomic E-state index is 9.21. The fourth-order valence-electron chi connectivity index (χ4n) is 1.17. The predicted octanol–water partition coefficient (Wildman–Crippen LogP) is -0.437. The second-order valence-electron chi connectivity index (χ2n) is 2.83. The van der Waals surface area contributed by atoms with Gasteiger partial charge in [0, 0.05) is 13.1 Å². The molecule has 1 aliphatic rings. The molecule has 3 nitrogen and oxygen atoms in total. The quantitative estimate of drug-likeness (QED) is 0.437. The van der Waals surface area contributed by atoms with Crippen LogP contribution < -0.4 is 5.84 Å². The molecule has 1 fully saturated rings. The molecule has 1 aliphatic heterocycles. The van der Waals surface area contributed by atoms with Crippen molar-refractivity contribution < 1.29 is 5.11 Å². The van der Waals surface area contributed by atoms with E-state index in [1.54, 1.807) is 5.01 Å². The molecule has 3 heteroatoms. The highest BCUT2D eigenvalue weighted by Gasteiger charge is 2.21. The van der Waals surface area contributed by atoms with Gasteiger partial charge in [-0.15, -0.1) is 0 Å². The van der Waals surface area contributed by atoms with Crippen molar-refractivity contribution in [1.29, 1.82) is 0 Å². The first-order valence-corrected chi connectivity index (χ1v) is 3.38. The summed E-state index contributed by atoms with van der Waals surface area (Å²) in [5, 5.41) is 11.0. The Hall–Kier alpha value is -0.120. The summed E-state index contributed by atoms with van der Waals surface area (Å²) in [4.78, 5) is 0. The first-order valence-electron chi connectivity index (χ1n) is 3.38. The molecule has 54 valence electrons. The molecule has 0 radical (unpaired) electrons.